The third-order valence-corrected chi connectivity index (χ3v) is 8.32. The molecule has 30 heavy (non-hydrogen) atoms. The molecule has 0 aromatic rings. The average Bonchev–Trinajstić information content (AvgIpc) is 2.74. The lowest BCUT2D eigenvalue weighted by Gasteiger charge is -2.34. The molecule has 5 unspecified atom stereocenters. The van der Waals surface area contributed by atoms with Crippen molar-refractivity contribution in [1.82, 2.24) is 0 Å². The quantitative estimate of drug-likeness (QED) is 0.277. The first-order chi connectivity index (χ1) is 14.2. The second kappa shape index (κ2) is 14.9. The minimum atomic E-state index is -0.641. The van der Waals surface area contributed by atoms with Crippen molar-refractivity contribution in [3.8, 4) is 0 Å². The van der Waals surface area contributed by atoms with Crippen LogP contribution in [0, 0.1) is 35.5 Å². The van der Waals surface area contributed by atoms with Gasteiger partial charge in [-0.2, -0.15) is 0 Å². The van der Waals surface area contributed by atoms with Crippen molar-refractivity contribution in [1.29, 1.82) is 0 Å². The highest BCUT2D eigenvalue weighted by Crippen LogP contribution is 2.36. The summed E-state index contributed by atoms with van der Waals surface area (Å²) in [5, 5.41) is 32.1. The molecule has 180 valence electrons. The topological polar surface area (TPSA) is 60.7 Å². The molecule has 0 amide bonds. The van der Waals surface area contributed by atoms with Crippen molar-refractivity contribution in [2.45, 2.75) is 137 Å². The molecular weight excluding hydrogens is 372 g/mol. The molecule has 0 spiro atoms. The van der Waals surface area contributed by atoms with E-state index in [9.17, 15) is 15.3 Å². The van der Waals surface area contributed by atoms with Crippen molar-refractivity contribution < 1.29 is 15.3 Å². The first-order valence-corrected chi connectivity index (χ1v) is 13.3. The first-order valence-electron chi connectivity index (χ1n) is 13.3. The standard InChI is InChI=1S/C27H54O3/c1-7-10-22(9-3)17-26(29)27(30)20(6)11-14-24(19(4)5)18-25(28)23-15-12-21(8-2)13-16-23/h19-30H,7-18H2,1-6H3/t20?,21?,22?,23?,24-,25?,26?,27?/m0/s1. The van der Waals surface area contributed by atoms with E-state index in [2.05, 4.69) is 41.5 Å². The van der Waals surface area contributed by atoms with Crippen LogP contribution < -0.4 is 0 Å². The van der Waals surface area contributed by atoms with Crippen LogP contribution in [0.4, 0.5) is 0 Å². The zero-order valence-electron chi connectivity index (χ0n) is 21.0. The third kappa shape index (κ3) is 9.57. The summed E-state index contributed by atoms with van der Waals surface area (Å²) in [6.45, 7) is 13.2. The number of rotatable bonds is 15. The molecule has 0 aromatic carbocycles. The lowest BCUT2D eigenvalue weighted by molar-refractivity contribution is -0.0297. The molecule has 3 heteroatoms. The second-order valence-electron chi connectivity index (χ2n) is 10.9. The highest BCUT2D eigenvalue weighted by atomic mass is 16.3. The summed E-state index contributed by atoms with van der Waals surface area (Å²) in [5.41, 5.74) is 0. The molecular formula is C27H54O3. The van der Waals surface area contributed by atoms with Crippen molar-refractivity contribution in [2.24, 2.45) is 35.5 Å². The maximum absolute atomic E-state index is 10.9. The summed E-state index contributed by atoms with van der Waals surface area (Å²) in [4.78, 5) is 0. The summed E-state index contributed by atoms with van der Waals surface area (Å²) in [7, 11) is 0. The van der Waals surface area contributed by atoms with Crippen molar-refractivity contribution in [3.63, 3.8) is 0 Å². The lowest BCUT2D eigenvalue weighted by atomic mass is 9.74. The van der Waals surface area contributed by atoms with Crippen molar-refractivity contribution in [2.75, 3.05) is 0 Å². The van der Waals surface area contributed by atoms with Crippen LogP contribution >= 0.6 is 0 Å². The average molecular weight is 427 g/mol. The Bertz CT molecular complexity index is 416. The Balaban J connectivity index is 2.48. The summed E-state index contributed by atoms with van der Waals surface area (Å²) in [6.07, 6.45) is 11.6. The van der Waals surface area contributed by atoms with Gasteiger partial charge in [0.05, 0.1) is 18.3 Å². The van der Waals surface area contributed by atoms with Crippen LogP contribution in [0.15, 0.2) is 0 Å². The van der Waals surface area contributed by atoms with E-state index in [1.165, 1.54) is 32.1 Å². The molecule has 1 rings (SSSR count). The SMILES string of the molecule is CCCC(CC)CC(O)C(O)C(C)CC[C@@H](CC(O)C1CCC(CC)CC1)C(C)C. The van der Waals surface area contributed by atoms with Crippen LogP contribution in [0.1, 0.15) is 119 Å². The van der Waals surface area contributed by atoms with Gasteiger partial charge in [-0.3, -0.25) is 0 Å². The van der Waals surface area contributed by atoms with Gasteiger partial charge in [0.2, 0.25) is 0 Å². The molecule has 6 atom stereocenters. The molecule has 1 aliphatic rings. The molecule has 3 N–H and O–H groups in total. The highest BCUT2D eigenvalue weighted by Gasteiger charge is 2.30. The van der Waals surface area contributed by atoms with E-state index in [1.807, 2.05) is 0 Å². The van der Waals surface area contributed by atoms with Crippen LogP contribution in [0.3, 0.4) is 0 Å². The number of aliphatic hydroxyl groups is 3. The van der Waals surface area contributed by atoms with Gasteiger partial charge >= 0.3 is 0 Å². The van der Waals surface area contributed by atoms with Gasteiger partial charge in [-0.15, -0.1) is 0 Å². The van der Waals surface area contributed by atoms with E-state index in [4.69, 9.17) is 0 Å². The molecule has 1 fully saturated rings. The van der Waals surface area contributed by atoms with E-state index in [0.717, 1.165) is 44.4 Å². The fourth-order valence-corrected chi connectivity index (χ4v) is 5.61. The zero-order valence-corrected chi connectivity index (χ0v) is 21.0. The smallest absolute Gasteiger partial charge is 0.0824 e. The highest BCUT2D eigenvalue weighted by molar-refractivity contribution is 4.81. The Kier molecular flexibility index (Phi) is 13.8. The normalized spacial score (nSPS) is 26.2. The number of hydrogen-bond acceptors (Lipinski definition) is 3. The largest absolute Gasteiger partial charge is 0.393 e. The van der Waals surface area contributed by atoms with Gasteiger partial charge in [0.1, 0.15) is 0 Å². The van der Waals surface area contributed by atoms with Gasteiger partial charge in [-0.1, -0.05) is 80.1 Å². The molecule has 0 aliphatic heterocycles. The molecule has 1 saturated carbocycles. The number of hydrogen-bond donors (Lipinski definition) is 3. The van der Waals surface area contributed by atoms with E-state index < -0.39 is 12.2 Å². The Morgan fingerprint density at radius 2 is 1.43 bits per heavy atom. The van der Waals surface area contributed by atoms with Crippen LogP contribution in [0.5, 0.6) is 0 Å². The Morgan fingerprint density at radius 3 is 1.93 bits per heavy atom. The van der Waals surface area contributed by atoms with Gasteiger partial charge < -0.3 is 15.3 Å². The monoisotopic (exact) mass is 426 g/mol. The molecule has 1 aliphatic carbocycles. The minimum Gasteiger partial charge on any atom is -0.393 e. The van der Waals surface area contributed by atoms with Gasteiger partial charge in [-0.05, 0) is 74.0 Å². The van der Waals surface area contributed by atoms with Crippen molar-refractivity contribution >= 4 is 0 Å². The Hall–Kier alpha value is -0.120. The van der Waals surface area contributed by atoms with Gasteiger partial charge in [0.25, 0.3) is 0 Å². The fourth-order valence-electron chi connectivity index (χ4n) is 5.61. The third-order valence-electron chi connectivity index (χ3n) is 8.32. The van der Waals surface area contributed by atoms with E-state index in [-0.39, 0.29) is 12.0 Å². The summed E-state index contributed by atoms with van der Waals surface area (Å²) >= 11 is 0. The number of aliphatic hydroxyl groups excluding tert-OH is 3. The van der Waals surface area contributed by atoms with Crippen LogP contribution in [0.25, 0.3) is 0 Å². The molecule has 0 aromatic heterocycles. The minimum absolute atomic E-state index is 0.0949. The van der Waals surface area contributed by atoms with Crippen molar-refractivity contribution in [3.05, 3.63) is 0 Å². The maximum Gasteiger partial charge on any atom is 0.0824 e. The summed E-state index contributed by atoms with van der Waals surface area (Å²) < 4.78 is 0. The lowest BCUT2D eigenvalue weighted by Crippen LogP contribution is -2.34. The van der Waals surface area contributed by atoms with E-state index in [1.54, 1.807) is 0 Å². The molecule has 3 nitrogen and oxygen atoms in total. The zero-order chi connectivity index (χ0) is 22.7. The maximum atomic E-state index is 10.9. The van der Waals surface area contributed by atoms with Crippen LogP contribution in [-0.2, 0) is 0 Å². The predicted molar refractivity (Wildman–Crippen MR) is 128 cm³/mol. The van der Waals surface area contributed by atoms with Gasteiger partial charge in [0, 0.05) is 0 Å². The molecule has 0 heterocycles. The Morgan fingerprint density at radius 1 is 0.800 bits per heavy atom. The molecule has 0 radical (unpaired) electrons. The first kappa shape index (κ1) is 27.9. The van der Waals surface area contributed by atoms with Crippen LogP contribution in [0.2, 0.25) is 0 Å². The second-order valence-corrected chi connectivity index (χ2v) is 10.9. The van der Waals surface area contributed by atoms with Gasteiger partial charge in [0.15, 0.2) is 0 Å². The van der Waals surface area contributed by atoms with Gasteiger partial charge in [-0.25, -0.2) is 0 Å². The molecule has 0 bridgehead atoms. The molecule has 0 saturated heterocycles. The summed E-state index contributed by atoms with van der Waals surface area (Å²) in [5.74, 6) is 2.97. The summed E-state index contributed by atoms with van der Waals surface area (Å²) in [6, 6.07) is 0. The Labute approximate surface area is 188 Å². The van der Waals surface area contributed by atoms with E-state index >= 15 is 0 Å². The van der Waals surface area contributed by atoms with E-state index in [0.29, 0.717) is 30.1 Å². The van der Waals surface area contributed by atoms with Crippen LogP contribution in [-0.4, -0.2) is 33.6 Å². The predicted octanol–water partition coefficient (Wildman–Crippen LogP) is 6.58. The fraction of sp³-hybridized carbons (Fsp3) is 1.00.